The van der Waals surface area contributed by atoms with E-state index in [0.29, 0.717) is 4.90 Å². The van der Waals surface area contributed by atoms with Crippen molar-refractivity contribution in [3.8, 4) is 0 Å². The molecule has 8 heteroatoms. The fourth-order valence-corrected chi connectivity index (χ4v) is 2.52. The van der Waals surface area contributed by atoms with Crippen molar-refractivity contribution in [2.75, 3.05) is 11.6 Å². The molecule has 0 unspecified atom stereocenters. The third kappa shape index (κ3) is 3.55. The van der Waals surface area contributed by atoms with Gasteiger partial charge in [0, 0.05) is 11.6 Å². The lowest BCUT2D eigenvalue weighted by Gasteiger charge is -2.08. The van der Waals surface area contributed by atoms with Crippen LogP contribution in [0.3, 0.4) is 0 Å². The zero-order valence-corrected chi connectivity index (χ0v) is 12.9. The number of hydrogen-bond acceptors (Lipinski definition) is 4. The first kappa shape index (κ1) is 16.3. The van der Waals surface area contributed by atoms with E-state index in [2.05, 4.69) is 5.32 Å². The Morgan fingerprint density at radius 3 is 2.64 bits per heavy atom. The summed E-state index contributed by atoms with van der Waals surface area (Å²) in [5, 5.41) is 13.5. The van der Waals surface area contributed by atoms with E-state index in [1.165, 1.54) is 36.0 Å². The molecule has 0 radical (unpaired) electrons. The van der Waals surface area contributed by atoms with Crippen LogP contribution in [0.4, 0.5) is 15.8 Å². The summed E-state index contributed by atoms with van der Waals surface area (Å²) in [7, 11) is 0. The molecule has 0 atom stereocenters. The second-order valence-corrected chi connectivity index (χ2v) is 5.48. The maximum atomic E-state index is 13.0. The van der Waals surface area contributed by atoms with Gasteiger partial charge in [0.15, 0.2) is 0 Å². The molecule has 1 amide bonds. The van der Waals surface area contributed by atoms with Gasteiger partial charge in [0.25, 0.3) is 11.6 Å². The van der Waals surface area contributed by atoms with Crippen LogP contribution >= 0.6 is 23.4 Å². The molecule has 0 bridgehead atoms. The quantitative estimate of drug-likeness (QED) is 0.510. The molecule has 22 heavy (non-hydrogen) atoms. The van der Waals surface area contributed by atoms with Gasteiger partial charge < -0.3 is 5.32 Å². The van der Waals surface area contributed by atoms with E-state index >= 15 is 0 Å². The summed E-state index contributed by atoms with van der Waals surface area (Å²) in [5.74, 6) is -1.09. The van der Waals surface area contributed by atoms with Crippen molar-refractivity contribution < 1.29 is 14.1 Å². The van der Waals surface area contributed by atoms with Gasteiger partial charge in [-0.25, -0.2) is 4.39 Å². The van der Waals surface area contributed by atoms with E-state index in [1.54, 1.807) is 6.26 Å². The molecule has 0 saturated carbocycles. The average Bonchev–Trinajstić information content (AvgIpc) is 2.49. The van der Waals surface area contributed by atoms with E-state index in [1.807, 2.05) is 0 Å². The molecule has 0 aliphatic rings. The summed E-state index contributed by atoms with van der Waals surface area (Å²) in [6.45, 7) is 0. The predicted molar refractivity (Wildman–Crippen MR) is 84.2 cm³/mol. The smallest absolute Gasteiger partial charge is 0.283 e. The van der Waals surface area contributed by atoms with Crippen molar-refractivity contribution in [3.63, 3.8) is 0 Å². The first-order valence-corrected chi connectivity index (χ1v) is 7.61. The van der Waals surface area contributed by atoms with Crippen LogP contribution < -0.4 is 5.32 Å². The summed E-state index contributed by atoms with van der Waals surface area (Å²) < 4.78 is 13.0. The van der Waals surface area contributed by atoms with Gasteiger partial charge in [-0.05, 0) is 36.6 Å². The SMILES string of the molecule is CSc1ccc(C(=O)Nc2ccc(F)cc2Cl)cc1[N+](=O)[O-]. The van der Waals surface area contributed by atoms with E-state index in [4.69, 9.17) is 11.6 Å². The molecule has 0 spiro atoms. The third-order valence-electron chi connectivity index (χ3n) is 2.82. The number of nitrogens with one attached hydrogen (secondary N) is 1. The maximum Gasteiger partial charge on any atom is 0.283 e. The molecular weight excluding hydrogens is 331 g/mol. The van der Waals surface area contributed by atoms with Crippen LogP contribution in [-0.4, -0.2) is 17.1 Å². The zero-order chi connectivity index (χ0) is 16.3. The fraction of sp³-hybridized carbons (Fsp3) is 0.0714. The summed E-state index contributed by atoms with van der Waals surface area (Å²) in [6, 6.07) is 7.71. The molecule has 2 rings (SSSR count). The van der Waals surface area contributed by atoms with Gasteiger partial charge in [0.05, 0.1) is 20.5 Å². The lowest BCUT2D eigenvalue weighted by molar-refractivity contribution is -0.387. The van der Waals surface area contributed by atoms with Crippen LogP contribution in [0.1, 0.15) is 10.4 Å². The topological polar surface area (TPSA) is 72.2 Å². The predicted octanol–water partition coefficient (Wildman–Crippen LogP) is 4.36. The highest BCUT2D eigenvalue weighted by Gasteiger charge is 2.17. The van der Waals surface area contributed by atoms with Crippen LogP contribution in [0.15, 0.2) is 41.3 Å². The number of carbonyl (C=O) groups is 1. The molecule has 1 N–H and O–H groups in total. The van der Waals surface area contributed by atoms with Crippen molar-refractivity contribution in [1.29, 1.82) is 0 Å². The Morgan fingerprint density at radius 1 is 1.32 bits per heavy atom. The Morgan fingerprint density at radius 2 is 2.05 bits per heavy atom. The molecule has 2 aromatic carbocycles. The Kier molecular flexibility index (Phi) is 4.99. The summed E-state index contributed by atoms with van der Waals surface area (Å²) >= 11 is 7.04. The van der Waals surface area contributed by atoms with Crippen molar-refractivity contribution in [3.05, 3.63) is 62.9 Å². The zero-order valence-electron chi connectivity index (χ0n) is 11.3. The van der Waals surface area contributed by atoms with Gasteiger partial charge in [0.1, 0.15) is 5.82 Å². The van der Waals surface area contributed by atoms with Gasteiger partial charge in [-0.3, -0.25) is 14.9 Å². The van der Waals surface area contributed by atoms with Gasteiger partial charge >= 0.3 is 0 Å². The minimum atomic E-state index is -0.565. The first-order chi connectivity index (χ1) is 10.4. The highest BCUT2D eigenvalue weighted by atomic mass is 35.5. The Hall–Kier alpha value is -2.12. The number of halogens is 2. The lowest BCUT2D eigenvalue weighted by atomic mass is 10.2. The number of hydrogen-bond donors (Lipinski definition) is 1. The first-order valence-electron chi connectivity index (χ1n) is 6.01. The second-order valence-electron chi connectivity index (χ2n) is 4.22. The number of nitro benzene ring substituents is 1. The largest absolute Gasteiger partial charge is 0.321 e. The number of anilines is 1. The van der Waals surface area contributed by atoms with Crippen molar-refractivity contribution in [1.82, 2.24) is 0 Å². The summed E-state index contributed by atoms with van der Waals surface area (Å²) in [5.41, 5.74) is 0.194. The highest BCUT2D eigenvalue weighted by molar-refractivity contribution is 7.98. The molecule has 0 aromatic heterocycles. The standard InChI is InChI=1S/C14H10ClFN2O3S/c1-22-13-5-2-8(6-12(13)18(20)21)14(19)17-11-4-3-9(16)7-10(11)15/h2-7H,1H3,(H,17,19). The molecule has 0 saturated heterocycles. The van der Waals surface area contributed by atoms with Crippen LogP contribution in [0, 0.1) is 15.9 Å². The number of amides is 1. The van der Waals surface area contributed by atoms with E-state index in [9.17, 15) is 19.3 Å². The normalized spacial score (nSPS) is 10.3. The van der Waals surface area contributed by atoms with Gasteiger partial charge in [-0.2, -0.15) is 0 Å². The number of thioether (sulfide) groups is 1. The van der Waals surface area contributed by atoms with E-state index in [0.717, 1.165) is 12.1 Å². The molecule has 0 heterocycles. The number of rotatable bonds is 4. The summed E-state index contributed by atoms with van der Waals surface area (Å²) in [4.78, 5) is 23.0. The maximum absolute atomic E-state index is 13.0. The van der Waals surface area contributed by atoms with Gasteiger partial charge in [-0.1, -0.05) is 11.6 Å². The molecule has 2 aromatic rings. The van der Waals surface area contributed by atoms with Crippen molar-refractivity contribution in [2.24, 2.45) is 0 Å². The average molecular weight is 341 g/mol. The fourth-order valence-electron chi connectivity index (χ4n) is 1.76. The minimum absolute atomic E-state index is 0.0450. The van der Waals surface area contributed by atoms with Gasteiger partial charge in [-0.15, -0.1) is 11.8 Å². The molecule has 0 aliphatic carbocycles. The Labute approximate surface area is 134 Å². The highest BCUT2D eigenvalue weighted by Crippen LogP contribution is 2.29. The number of carbonyl (C=O) groups excluding carboxylic acids is 1. The molecular formula is C14H10ClFN2O3S. The minimum Gasteiger partial charge on any atom is -0.321 e. The number of nitrogens with zero attached hydrogens (tertiary/aromatic N) is 1. The lowest BCUT2D eigenvalue weighted by Crippen LogP contribution is -2.12. The number of benzene rings is 2. The number of nitro groups is 1. The molecule has 5 nitrogen and oxygen atoms in total. The monoisotopic (exact) mass is 340 g/mol. The van der Waals surface area contributed by atoms with Crippen LogP contribution in [0.2, 0.25) is 5.02 Å². The molecule has 114 valence electrons. The van der Waals surface area contributed by atoms with E-state index < -0.39 is 16.6 Å². The van der Waals surface area contributed by atoms with Crippen LogP contribution in [0.25, 0.3) is 0 Å². The third-order valence-corrected chi connectivity index (χ3v) is 3.91. The summed E-state index contributed by atoms with van der Waals surface area (Å²) in [6.07, 6.45) is 1.71. The Balaban J connectivity index is 2.30. The molecule has 0 aliphatic heterocycles. The van der Waals surface area contributed by atoms with E-state index in [-0.39, 0.29) is 22.0 Å². The second kappa shape index (κ2) is 6.76. The van der Waals surface area contributed by atoms with Crippen molar-refractivity contribution >= 4 is 40.6 Å². The Bertz CT molecular complexity index is 755. The molecule has 0 fully saturated rings. The van der Waals surface area contributed by atoms with Gasteiger partial charge in [0.2, 0.25) is 0 Å². The van der Waals surface area contributed by atoms with Crippen LogP contribution in [0.5, 0.6) is 0 Å². The van der Waals surface area contributed by atoms with Crippen LogP contribution in [-0.2, 0) is 0 Å². The van der Waals surface area contributed by atoms with Crippen molar-refractivity contribution in [2.45, 2.75) is 4.90 Å².